The second kappa shape index (κ2) is 5.80. The van der Waals surface area contributed by atoms with Crippen LogP contribution in [0.5, 0.6) is 0 Å². The zero-order valence-electron chi connectivity index (χ0n) is 9.97. The summed E-state index contributed by atoms with van der Waals surface area (Å²) in [5, 5.41) is 21.4. The van der Waals surface area contributed by atoms with Crippen molar-refractivity contribution in [2.45, 2.75) is 50.4 Å². The Hall–Kier alpha value is -0.650. The monoisotopic (exact) mass is 243 g/mol. The van der Waals surface area contributed by atoms with Crippen LogP contribution in [-0.2, 0) is 9.53 Å². The number of rotatable bonds is 4. The topological polar surface area (TPSA) is 78.8 Å². The molecular formula is C12H21NO4. The predicted molar refractivity (Wildman–Crippen MR) is 61.7 cm³/mol. The van der Waals surface area contributed by atoms with Gasteiger partial charge in [0, 0.05) is 12.6 Å². The van der Waals surface area contributed by atoms with E-state index in [1.54, 1.807) is 0 Å². The van der Waals surface area contributed by atoms with Gasteiger partial charge in [0.25, 0.3) is 0 Å². The number of carboxylic acids is 1. The zero-order valence-corrected chi connectivity index (χ0v) is 9.97. The third kappa shape index (κ3) is 3.66. The average molecular weight is 243 g/mol. The molecule has 2 rings (SSSR count). The number of aliphatic carboxylic acids is 1. The van der Waals surface area contributed by atoms with Crippen molar-refractivity contribution in [2.75, 3.05) is 13.2 Å². The number of aliphatic hydroxyl groups excluding tert-OH is 1. The first-order valence-electron chi connectivity index (χ1n) is 6.41. The average Bonchev–Trinajstić information content (AvgIpc) is 2.73. The number of β-amino-alcohol motifs (C(OH)–C–C–N with tert-alkyl or cyclic N) is 1. The van der Waals surface area contributed by atoms with Crippen molar-refractivity contribution in [1.29, 1.82) is 0 Å². The molecule has 2 atom stereocenters. The summed E-state index contributed by atoms with van der Waals surface area (Å²) in [6.07, 6.45) is 3.83. The molecule has 1 aliphatic carbocycles. The minimum absolute atomic E-state index is 0.179. The maximum atomic E-state index is 10.8. The van der Waals surface area contributed by atoms with Gasteiger partial charge in [-0.25, -0.2) is 0 Å². The molecule has 1 saturated carbocycles. The quantitative estimate of drug-likeness (QED) is 0.665. The fourth-order valence-electron chi connectivity index (χ4n) is 2.65. The SMILES string of the molecule is O=C(O)C1CCC(OC[C@@H]2C[C@@H](O)CN2)CC1. The maximum absolute atomic E-state index is 10.8. The Morgan fingerprint density at radius 1 is 1.29 bits per heavy atom. The second-order valence-corrected chi connectivity index (χ2v) is 5.14. The van der Waals surface area contributed by atoms with E-state index in [4.69, 9.17) is 9.84 Å². The Morgan fingerprint density at radius 3 is 2.53 bits per heavy atom. The molecule has 0 spiro atoms. The molecule has 98 valence electrons. The molecule has 5 heteroatoms. The highest BCUT2D eigenvalue weighted by Crippen LogP contribution is 2.26. The lowest BCUT2D eigenvalue weighted by atomic mass is 9.87. The Kier molecular flexibility index (Phi) is 4.36. The Bertz CT molecular complexity index is 263. The van der Waals surface area contributed by atoms with Crippen LogP contribution in [0.4, 0.5) is 0 Å². The van der Waals surface area contributed by atoms with Gasteiger partial charge in [-0.05, 0) is 32.1 Å². The van der Waals surface area contributed by atoms with E-state index in [0.29, 0.717) is 13.2 Å². The van der Waals surface area contributed by atoms with E-state index < -0.39 is 5.97 Å². The first-order chi connectivity index (χ1) is 8.15. The van der Waals surface area contributed by atoms with Crippen LogP contribution < -0.4 is 5.32 Å². The van der Waals surface area contributed by atoms with E-state index in [0.717, 1.165) is 32.1 Å². The summed E-state index contributed by atoms with van der Waals surface area (Å²) in [6.45, 7) is 1.28. The number of nitrogens with one attached hydrogen (secondary N) is 1. The van der Waals surface area contributed by atoms with E-state index in [2.05, 4.69) is 5.32 Å². The first-order valence-corrected chi connectivity index (χ1v) is 6.41. The summed E-state index contributed by atoms with van der Waals surface area (Å²) in [7, 11) is 0. The molecule has 2 fully saturated rings. The molecule has 0 amide bonds. The summed E-state index contributed by atoms with van der Waals surface area (Å²) in [6, 6.07) is 0.252. The van der Waals surface area contributed by atoms with Crippen LogP contribution in [0.1, 0.15) is 32.1 Å². The number of aliphatic hydroxyl groups is 1. The summed E-state index contributed by atoms with van der Waals surface area (Å²) >= 11 is 0. The minimum Gasteiger partial charge on any atom is -0.481 e. The fourth-order valence-corrected chi connectivity index (χ4v) is 2.65. The predicted octanol–water partition coefficient (Wildman–Crippen LogP) is 0.369. The van der Waals surface area contributed by atoms with Crippen molar-refractivity contribution in [2.24, 2.45) is 5.92 Å². The molecule has 1 aliphatic heterocycles. The van der Waals surface area contributed by atoms with Crippen LogP contribution in [-0.4, -0.2) is 47.6 Å². The first kappa shape index (κ1) is 12.8. The molecule has 0 aromatic heterocycles. The molecule has 17 heavy (non-hydrogen) atoms. The van der Waals surface area contributed by atoms with Gasteiger partial charge in [-0.15, -0.1) is 0 Å². The Labute approximate surface area is 101 Å². The van der Waals surface area contributed by atoms with Gasteiger partial charge in [-0.2, -0.15) is 0 Å². The van der Waals surface area contributed by atoms with Gasteiger partial charge >= 0.3 is 5.97 Å². The summed E-state index contributed by atoms with van der Waals surface area (Å²) in [4.78, 5) is 10.8. The molecule has 0 aromatic rings. The van der Waals surface area contributed by atoms with E-state index in [-0.39, 0.29) is 24.2 Å². The van der Waals surface area contributed by atoms with Gasteiger partial charge in [0.15, 0.2) is 0 Å². The lowest BCUT2D eigenvalue weighted by Gasteiger charge is -2.27. The van der Waals surface area contributed by atoms with Crippen molar-refractivity contribution in [1.82, 2.24) is 5.32 Å². The van der Waals surface area contributed by atoms with E-state index in [9.17, 15) is 9.90 Å². The van der Waals surface area contributed by atoms with Gasteiger partial charge in [-0.3, -0.25) is 4.79 Å². The Balaban J connectivity index is 1.63. The van der Waals surface area contributed by atoms with E-state index in [1.165, 1.54) is 0 Å². The lowest BCUT2D eigenvalue weighted by molar-refractivity contribution is -0.143. The zero-order chi connectivity index (χ0) is 12.3. The number of hydrogen-bond donors (Lipinski definition) is 3. The highest BCUT2D eigenvalue weighted by atomic mass is 16.5. The van der Waals surface area contributed by atoms with E-state index >= 15 is 0 Å². The number of ether oxygens (including phenoxy) is 1. The van der Waals surface area contributed by atoms with Crippen molar-refractivity contribution < 1.29 is 19.7 Å². The normalized spacial score (nSPS) is 38.2. The minimum atomic E-state index is -0.677. The maximum Gasteiger partial charge on any atom is 0.306 e. The third-order valence-corrected chi connectivity index (χ3v) is 3.76. The van der Waals surface area contributed by atoms with Crippen molar-refractivity contribution in [3.05, 3.63) is 0 Å². The van der Waals surface area contributed by atoms with Crippen LogP contribution >= 0.6 is 0 Å². The Morgan fingerprint density at radius 2 is 2.00 bits per heavy atom. The number of carbonyl (C=O) groups is 1. The van der Waals surface area contributed by atoms with Gasteiger partial charge in [-0.1, -0.05) is 0 Å². The van der Waals surface area contributed by atoms with Crippen molar-refractivity contribution in [3.8, 4) is 0 Å². The van der Waals surface area contributed by atoms with Crippen LogP contribution in [0.15, 0.2) is 0 Å². The van der Waals surface area contributed by atoms with Gasteiger partial charge in [0.1, 0.15) is 0 Å². The molecule has 1 heterocycles. The number of carboxylic acid groups (broad SMARTS) is 1. The van der Waals surface area contributed by atoms with Crippen LogP contribution in [0.3, 0.4) is 0 Å². The van der Waals surface area contributed by atoms with Crippen molar-refractivity contribution >= 4 is 5.97 Å². The van der Waals surface area contributed by atoms with Crippen molar-refractivity contribution in [3.63, 3.8) is 0 Å². The molecule has 0 bridgehead atoms. The summed E-state index contributed by atoms with van der Waals surface area (Å²) in [5.41, 5.74) is 0. The number of hydrogen-bond acceptors (Lipinski definition) is 4. The smallest absolute Gasteiger partial charge is 0.306 e. The standard InChI is InChI=1S/C12H21NO4/c14-10-5-9(13-6-10)7-17-11-3-1-8(2-4-11)12(15)16/h8-11,13-14H,1-7H2,(H,15,16)/t8?,9-,10+,11?/m0/s1. The fraction of sp³-hybridized carbons (Fsp3) is 0.917. The van der Waals surface area contributed by atoms with Gasteiger partial charge in [0.2, 0.25) is 0 Å². The highest BCUT2D eigenvalue weighted by Gasteiger charge is 2.28. The summed E-state index contributed by atoms with van der Waals surface area (Å²) in [5.74, 6) is -0.856. The molecule has 5 nitrogen and oxygen atoms in total. The molecule has 2 aliphatic rings. The molecule has 0 radical (unpaired) electrons. The lowest BCUT2D eigenvalue weighted by Crippen LogP contribution is -2.32. The molecular weight excluding hydrogens is 222 g/mol. The van der Waals surface area contributed by atoms with Crippen LogP contribution in [0.25, 0.3) is 0 Å². The highest BCUT2D eigenvalue weighted by molar-refractivity contribution is 5.70. The van der Waals surface area contributed by atoms with Crippen LogP contribution in [0.2, 0.25) is 0 Å². The molecule has 3 N–H and O–H groups in total. The van der Waals surface area contributed by atoms with Gasteiger partial charge in [0.05, 0.1) is 24.7 Å². The van der Waals surface area contributed by atoms with Crippen LogP contribution in [0, 0.1) is 5.92 Å². The van der Waals surface area contributed by atoms with Gasteiger partial charge < -0.3 is 20.3 Å². The summed E-state index contributed by atoms with van der Waals surface area (Å²) < 4.78 is 5.78. The second-order valence-electron chi connectivity index (χ2n) is 5.14. The third-order valence-electron chi connectivity index (χ3n) is 3.76. The van der Waals surface area contributed by atoms with E-state index in [1.807, 2.05) is 0 Å². The molecule has 1 saturated heterocycles. The molecule has 0 unspecified atom stereocenters. The molecule has 0 aromatic carbocycles. The largest absolute Gasteiger partial charge is 0.481 e.